The van der Waals surface area contributed by atoms with Gasteiger partial charge >= 0.3 is 0 Å². The van der Waals surface area contributed by atoms with E-state index in [4.69, 9.17) is 0 Å². The molecule has 0 radical (unpaired) electrons. The van der Waals surface area contributed by atoms with Gasteiger partial charge in [0, 0.05) is 0 Å². The van der Waals surface area contributed by atoms with Crippen molar-refractivity contribution in [1.82, 2.24) is 5.32 Å². The molecule has 0 fully saturated rings. The molecule has 0 heterocycles. The third kappa shape index (κ3) is 47.4. The van der Waals surface area contributed by atoms with Crippen LogP contribution in [-0.2, 0) is 4.79 Å². The van der Waals surface area contributed by atoms with Crippen molar-refractivity contribution in [3.8, 4) is 0 Å². The minimum atomic E-state index is -1.29. The predicted molar refractivity (Wildman–Crippen MR) is 284 cm³/mol. The van der Waals surface area contributed by atoms with E-state index >= 15 is 0 Å². The van der Waals surface area contributed by atoms with Gasteiger partial charge < -0.3 is 25.7 Å². The SMILES string of the molecule is CCCCCCCCCCCCCCCCCCCC/C=C/CC/C=C/CC/C=C/CCCC(O)C(O)C(CO)NC(=O)C(O)CCCCCCCCCCCCCCCCCCCC. The van der Waals surface area contributed by atoms with Crippen LogP contribution in [0, 0.1) is 0 Å². The monoisotopic (exact) mass is 916 g/mol. The average molecular weight is 917 g/mol. The Hall–Kier alpha value is -1.47. The fourth-order valence-electron chi connectivity index (χ4n) is 9.03. The number of aliphatic hydroxyl groups excluding tert-OH is 4. The van der Waals surface area contributed by atoms with E-state index in [-0.39, 0.29) is 0 Å². The van der Waals surface area contributed by atoms with E-state index in [0.717, 1.165) is 51.4 Å². The van der Waals surface area contributed by atoms with Crippen molar-refractivity contribution in [3.63, 3.8) is 0 Å². The smallest absolute Gasteiger partial charge is 0.249 e. The molecule has 1 amide bonds. The molecule has 0 aliphatic heterocycles. The van der Waals surface area contributed by atoms with Gasteiger partial charge in [0.15, 0.2) is 0 Å². The highest BCUT2D eigenvalue weighted by Gasteiger charge is 2.28. The number of nitrogens with one attached hydrogen (secondary N) is 1. The van der Waals surface area contributed by atoms with Gasteiger partial charge in [-0.3, -0.25) is 4.79 Å². The summed E-state index contributed by atoms with van der Waals surface area (Å²) < 4.78 is 0. The highest BCUT2D eigenvalue weighted by Crippen LogP contribution is 2.17. The molecule has 0 aromatic heterocycles. The van der Waals surface area contributed by atoms with Crippen LogP contribution in [0.25, 0.3) is 0 Å². The van der Waals surface area contributed by atoms with E-state index in [0.29, 0.717) is 19.3 Å². The Morgan fingerprint density at radius 1 is 0.369 bits per heavy atom. The minimum absolute atomic E-state index is 0.362. The van der Waals surface area contributed by atoms with Crippen molar-refractivity contribution in [2.24, 2.45) is 0 Å². The molecular weight excluding hydrogens is 803 g/mol. The van der Waals surface area contributed by atoms with Crippen molar-refractivity contribution in [3.05, 3.63) is 36.5 Å². The zero-order valence-electron chi connectivity index (χ0n) is 43.5. The molecule has 384 valence electrons. The third-order valence-corrected chi connectivity index (χ3v) is 13.6. The maximum Gasteiger partial charge on any atom is 0.249 e. The van der Waals surface area contributed by atoms with Gasteiger partial charge in [-0.05, 0) is 64.2 Å². The zero-order chi connectivity index (χ0) is 47.4. The number of rotatable bonds is 53. The molecular formula is C59H113NO5. The number of allylic oxidation sites excluding steroid dienone is 6. The molecule has 0 rings (SSSR count). The second-order valence-electron chi connectivity index (χ2n) is 20.0. The first-order chi connectivity index (χ1) is 32.0. The minimum Gasteiger partial charge on any atom is -0.394 e. The Balaban J connectivity index is 3.68. The van der Waals surface area contributed by atoms with Gasteiger partial charge in [0.2, 0.25) is 5.91 Å². The fraction of sp³-hybridized carbons (Fsp3) is 0.881. The van der Waals surface area contributed by atoms with Crippen molar-refractivity contribution in [2.45, 2.75) is 327 Å². The lowest BCUT2D eigenvalue weighted by molar-refractivity contribution is -0.132. The summed E-state index contributed by atoms with van der Waals surface area (Å²) in [4.78, 5) is 12.6. The van der Waals surface area contributed by atoms with E-state index < -0.39 is 36.9 Å². The number of amides is 1. The molecule has 0 aliphatic rings. The molecule has 0 aromatic carbocycles. The van der Waals surface area contributed by atoms with E-state index in [1.54, 1.807) is 0 Å². The average Bonchev–Trinajstić information content (AvgIpc) is 3.31. The molecule has 5 N–H and O–H groups in total. The van der Waals surface area contributed by atoms with E-state index in [1.165, 1.54) is 218 Å². The molecule has 0 spiro atoms. The van der Waals surface area contributed by atoms with Crippen LogP contribution >= 0.6 is 0 Å². The van der Waals surface area contributed by atoms with Crippen LogP contribution in [-0.4, -0.2) is 57.3 Å². The summed E-state index contributed by atoms with van der Waals surface area (Å²) in [5.74, 6) is -0.596. The summed E-state index contributed by atoms with van der Waals surface area (Å²) in [7, 11) is 0. The summed E-state index contributed by atoms with van der Waals surface area (Å²) in [6, 6.07) is -1.01. The number of carbonyl (C=O) groups is 1. The molecule has 0 aromatic rings. The highest BCUT2D eigenvalue weighted by molar-refractivity contribution is 5.80. The number of aliphatic hydroxyl groups is 4. The van der Waals surface area contributed by atoms with Crippen LogP contribution in [0.15, 0.2) is 36.5 Å². The summed E-state index contributed by atoms with van der Waals surface area (Å²) >= 11 is 0. The lowest BCUT2D eigenvalue weighted by Crippen LogP contribution is -2.53. The van der Waals surface area contributed by atoms with E-state index in [1.807, 2.05) is 0 Å². The summed E-state index contributed by atoms with van der Waals surface area (Å²) in [6.45, 7) is 4.07. The van der Waals surface area contributed by atoms with Gasteiger partial charge in [0.25, 0.3) is 0 Å². The van der Waals surface area contributed by atoms with Crippen LogP contribution in [0.2, 0.25) is 0 Å². The molecule has 0 bridgehead atoms. The molecule has 4 unspecified atom stereocenters. The topological polar surface area (TPSA) is 110 Å². The first-order valence-electron chi connectivity index (χ1n) is 28.9. The Morgan fingerprint density at radius 2 is 0.646 bits per heavy atom. The van der Waals surface area contributed by atoms with Gasteiger partial charge in [-0.1, -0.05) is 275 Å². The Kier molecular flexibility index (Phi) is 52.3. The van der Waals surface area contributed by atoms with Crippen LogP contribution in [0.4, 0.5) is 0 Å². The number of hydrogen-bond acceptors (Lipinski definition) is 5. The molecule has 65 heavy (non-hydrogen) atoms. The lowest BCUT2D eigenvalue weighted by atomic mass is 10.00. The fourth-order valence-corrected chi connectivity index (χ4v) is 9.03. The molecule has 6 heteroatoms. The van der Waals surface area contributed by atoms with Crippen LogP contribution in [0.3, 0.4) is 0 Å². The lowest BCUT2D eigenvalue weighted by Gasteiger charge is -2.27. The Morgan fingerprint density at radius 3 is 0.969 bits per heavy atom. The second-order valence-corrected chi connectivity index (χ2v) is 20.0. The first kappa shape index (κ1) is 63.5. The van der Waals surface area contributed by atoms with Gasteiger partial charge in [-0.2, -0.15) is 0 Å². The standard InChI is InChI=1S/C59H113NO5/c1-3-5-7-9-11-13-15-17-19-21-23-24-25-26-27-28-29-30-31-32-33-34-35-37-38-40-42-44-46-48-50-52-56(62)58(64)55(54-61)60-59(65)57(63)53-51-49-47-45-43-41-39-36-22-20-18-16-14-12-10-8-6-4-2/h32-33,37-38,44,46,55-58,61-64H,3-31,34-36,39-43,45,47-54H2,1-2H3,(H,60,65)/b33-32+,38-37+,46-44+. The van der Waals surface area contributed by atoms with E-state index in [9.17, 15) is 25.2 Å². The first-order valence-corrected chi connectivity index (χ1v) is 28.9. The van der Waals surface area contributed by atoms with Gasteiger partial charge in [-0.25, -0.2) is 0 Å². The van der Waals surface area contributed by atoms with Gasteiger partial charge in [0.05, 0.1) is 18.8 Å². The quantitative estimate of drug-likeness (QED) is 0.0308. The number of carbonyl (C=O) groups excluding carboxylic acids is 1. The van der Waals surface area contributed by atoms with Crippen LogP contribution in [0.5, 0.6) is 0 Å². The molecule has 0 saturated carbocycles. The largest absolute Gasteiger partial charge is 0.394 e. The summed E-state index contributed by atoms with van der Waals surface area (Å²) in [5, 5.41) is 43.9. The second kappa shape index (κ2) is 53.5. The van der Waals surface area contributed by atoms with Crippen molar-refractivity contribution < 1.29 is 25.2 Å². The number of unbranched alkanes of at least 4 members (excludes halogenated alkanes) is 38. The zero-order valence-corrected chi connectivity index (χ0v) is 43.5. The molecule has 0 saturated heterocycles. The molecule has 4 atom stereocenters. The van der Waals surface area contributed by atoms with Crippen molar-refractivity contribution >= 4 is 5.91 Å². The maximum atomic E-state index is 12.6. The number of hydrogen-bond donors (Lipinski definition) is 5. The Bertz CT molecular complexity index is 1030. The summed E-state index contributed by atoms with van der Waals surface area (Å²) in [6.07, 6.45) is 66.5. The highest BCUT2D eigenvalue weighted by atomic mass is 16.3. The third-order valence-electron chi connectivity index (χ3n) is 13.6. The van der Waals surface area contributed by atoms with Crippen molar-refractivity contribution in [2.75, 3.05) is 6.61 Å². The predicted octanol–water partition coefficient (Wildman–Crippen LogP) is 16.8. The Labute approximate surface area is 405 Å². The van der Waals surface area contributed by atoms with Crippen LogP contribution in [0.1, 0.15) is 303 Å². The van der Waals surface area contributed by atoms with Crippen molar-refractivity contribution in [1.29, 1.82) is 0 Å². The molecule has 6 nitrogen and oxygen atoms in total. The normalized spacial score (nSPS) is 14.0. The maximum absolute atomic E-state index is 12.6. The van der Waals surface area contributed by atoms with E-state index in [2.05, 4.69) is 55.6 Å². The molecule has 0 aliphatic carbocycles. The van der Waals surface area contributed by atoms with Gasteiger partial charge in [0.1, 0.15) is 12.2 Å². The summed E-state index contributed by atoms with van der Waals surface area (Å²) in [5.41, 5.74) is 0. The van der Waals surface area contributed by atoms with Crippen LogP contribution < -0.4 is 5.32 Å². The van der Waals surface area contributed by atoms with Gasteiger partial charge in [-0.15, -0.1) is 0 Å².